The molecule has 0 aliphatic rings. The number of hydrogen-bond donors (Lipinski definition) is 1. The van der Waals surface area contributed by atoms with Crippen molar-refractivity contribution in [2.24, 2.45) is 11.0 Å². The van der Waals surface area contributed by atoms with E-state index in [1.54, 1.807) is 0 Å². The summed E-state index contributed by atoms with van der Waals surface area (Å²) < 4.78 is 4.40. The summed E-state index contributed by atoms with van der Waals surface area (Å²) in [5.74, 6) is 0.421. The molecule has 0 unspecified atom stereocenters. The molecule has 1 N–H and O–H groups in total. The lowest BCUT2D eigenvalue weighted by atomic mass is 10.0. The van der Waals surface area contributed by atoms with Gasteiger partial charge in [0.25, 0.3) is 0 Å². The highest BCUT2D eigenvalue weighted by atomic mass is 16.5. The highest BCUT2D eigenvalue weighted by Crippen LogP contribution is 2.07. The van der Waals surface area contributed by atoms with Gasteiger partial charge in [0.1, 0.15) is 0 Å². The first kappa shape index (κ1) is 12.6. The molecule has 80 valence electrons. The third kappa shape index (κ3) is 6.14. The Labute approximate surface area is 83.3 Å². The number of hydrogen-bond acceptors (Lipinski definition) is 3. The first-order valence-corrected chi connectivity index (χ1v) is 4.46. The van der Waals surface area contributed by atoms with Crippen LogP contribution < -0.4 is 5.32 Å². The van der Waals surface area contributed by atoms with E-state index < -0.39 is 6.09 Å². The number of methoxy groups -OCH3 is 1. The molecule has 0 aromatic carbocycles. The van der Waals surface area contributed by atoms with Crippen molar-refractivity contribution in [1.82, 2.24) is 5.32 Å². The van der Waals surface area contributed by atoms with E-state index in [2.05, 4.69) is 20.1 Å². The number of azide groups is 1. The van der Waals surface area contributed by atoms with Gasteiger partial charge < -0.3 is 10.1 Å². The highest BCUT2D eigenvalue weighted by molar-refractivity contribution is 5.66. The molecule has 0 bridgehead atoms. The lowest BCUT2D eigenvalue weighted by Crippen LogP contribution is -2.31. The maximum atomic E-state index is 10.7. The second-order valence-electron chi connectivity index (χ2n) is 3.36. The standard InChI is InChI=1S/C8H16N4O2/c1-6(2)4-7(11-12-9)5-10-8(13)14-3/h6-7H,4-5H2,1-3H3,(H,10,13)/t7-/m1/s1. The molecular weight excluding hydrogens is 184 g/mol. The van der Waals surface area contributed by atoms with Crippen molar-refractivity contribution in [3.63, 3.8) is 0 Å². The van der Waals surface area contributed by atoms with Crippen molar-refractivity contribution in [3.8, 4) is 0 Å². The first-order chi connectivity index (χ1) is 6.60. The molecule has 0 heterocycles. The minimum Gasteiger partial charge on any atom is -0.453 e. The lowest BCUT2D eigenvalue weighted by Gasteiger charge is -2.13. The van der Waals surface area contributed by atoms with Crippen molar-refractivity contribution < 1.29 is 9.53 Å². The van der Waals surface area contributed by atoms with Crippen LogP contribution in [0.25, 0.3) is 10.4 Å². The monoisotopic (exact) mass is 200 g/mol. The summed E-state index contributed by atoms with van der Waals surface area (Å²) in [7, 11) is 1.29. The fourth-order valence-corrected chi connectivity index (χ4v) is 1.06. The average molecular weight is 200 g/mol. The lowest BCUT2D eigenvalue weighted by molar-refractivity contribution is 0.170. The second kappa shape index (κ2) is 7.03. The molecule has 0 saturated heterocycles. The Morgan fingerprint density at radius 3 is 2.71 bits per heavy atom. The summed E-state index contributed by atoms with van der Waals surface area (Å²) >= 11 is 0. The third-order valence-electron chi connectivity index (χ3n) is 1.63. The van der Waals surface area contributed by atoms with Crippen molar-refractivity contribution >= 4 is 6.09 Å². The van der Waals surface area contributed by atoms with Gasteiger partial charge in [0.05, 0.1) is 13.2 Å². The van der Waals surface area contributed by atoms with E-state index in [1.165, 1.54) is 7.11 Å². The SMILES string of the molecule is COC(=O)NC[C@@H](CC(C)C)N=[N+]=[N-]. The van der Waals surface area contributed by atoms with Gasteiger partial charge in [-0.15, -0.1) is 0 Å². The topological polar surface area (TPSA) is 87.1 Å². The van der Waals surface area contributed by atoms with E-state index in [-0.39, 0.29) is 6.04 Å². The molecule has 1 atom stereocenters. The second-order valence-corrected chi connectivity index (χ2v) is 3.36. The van der Waals surface area contributed by atoms with Crippen LogP contribution in [0.4, 0.5) is 4.79 Å². The zero-order valence-corrected chi connectivity index (χ0v) is 8.73. The van der Waals surface area contributed by atoms with Crippen LogP contribution in [0.1, 0.15) is 20.3 Å². The Morgan fingerprint density at radius 2 is 2.29 bits per heavy atom. The van der Waals surface area contributed by atoms with E-state index in [0.29, 0.717) is 12.5 Å². The number of nitrogens with zero attached hydrogens (tertiary/aromatic N) is 3. The quantitative estimate of drug-likeness (QED) is 0.418. The van der Waals surface area contributed by atoms with Gasteiger partial charge in [0.2, 0.25) is 0 Å². The molecule has 0 aliphatic heterocycles. The molecule has 0 spiro atoms. The van der Waals surface area contributed by atoms with Crippen LogP contribution in [-0.2, 0) is 4.74 Å². The largest absolute Gasteiger partial charge is 0.453 e. The van der Waals surface area contributed by atoms with Gasteiger partial charge in [-0.1, -0.05) is 19.0 Å². The van der Waals surface area contributed by atoms with E-state index in [4.69, 9.17) is 5.53 Å². The van der Waals surface area contributed by atoms with Gasteiger partial charge in [0, 0.05) is 11.5 Å². The smallest absolute Gasteiger partial charge is 0.406 e. The molecular formula is C8H16N4O2. The van der Waals surface area contributed by atoms with Crippen molar-refractivity contribution in [3.05, 3.63) is 10.4 Å². The normalized spacial score (nSPS) is 11.7. The highest BCUT2D eigenvalue weighted by Gasteiger charge is 2.10. The van der Waals surface area contributed by atoms with E-state index in [0.717, 1.165) is 6.42 Å². The summed E-state index contributed by atoms with van der Waals surface area (Å²) in [5, 5.41) is 6.08. The minimum atomic E-state index is -0.508. The Morgan fingerprint density at radius 1 is 1.64 bits per heavy atom. The van der Waals surface area contributed by atoms with E-state index in [9.17, 15) is 4.79 Å². The zero-order chi connectivity index (χ0) is 11.0. The van der Waals surface area contributed by atoms with Crippen LogP contribution in [0, 0.1) is 5.92 Å². The molecule has 0 aromatic rings. The minimum absolute atomic E-state index is 0.209. The molecule has 6 heteroatoms. The predicted octanol–water partition coefficient (Wildman–Crippen LogP) is 2.07. The van der Waals surface area contributed by atoms with Gasteiger partial charge in [-0.3, -0.25) is 0 Å². The van der Waals surface area contributed by atoms with Gasteiger partial charge in [0.15, 0.2) is 0 Å². The molecule has 0 radical (unpaired) electrons. The summed E-state index contributed by atoms with van der Waals surface area (Å²) in [6.45, 7) is 4.37. The van der Waals surface area contributed by atoms with Gasteiger partial charge in [-0.2, -0.15) is 0 Å². The number of ether oxygens (including phenoxy) is 1. The molecule has 0 aliphatic carbocycles. The van der Waals surface area contributed by atoms with E-state index >= 15 is 0 Å². The molecule has 0 saturated carbocycles. The van der Waals surface area contributed by atoms with Crippen molar-refractivity contribution in [1.29, 1.82) is 0 Å². The van der Waals surface area contributed by atoms with Gasteiger partial charge >= 0.3 is 6.09 Å². The predicted molar refractivity (Wildman–Crippen MR) is 52.8 cm³/mol. The average Bonchev–Trinajstić information content (AvgIpc) is 2.13. The Bertz CT molecular complexity index is 223. The van der Waals surface area contributed by atoms with Crippen LogP contribution >= 0.6 is 0 Å². The van der Waals surface area contributed by atoms with Crippen molar-refractivity contribution in [2.45, 2.75) is 26.3 Å². The number of carbonyl (C=O) groups is 1. The van der Waals surface area contributed by atoms with Crippen LogP contribution in [0.5, 0.6) is 0 Å². The number of amides is 1. The maximum absolute atomic E-state index is 10.7. The summed E-state index contributed by atoms with van der Waals surface area (Å²) in [5.41, 5.74) is 8.29. The van der Waals surface area contributed by atoms with Crippen LogP contribution in [0.2, 0.25) is 0 Å². The maximum Gasteiger partial charge on any atom is 0.406 e. The number of nitrogens with one attached hydrogen (secondary N) is 1. The van der Waals surface area contributed by atoms with Gasteiger partial charge in [-0.05, 0) is 17.9 Å². The fraction of sp³-hybridized carbons (Fsp3) is 0.875. The van der Waals surface area contributed by atoms with Crippen molar-refractivity contribution in [2.75, 3.05) is 13.7 Å². The molecule has 0 aromatic heterocycles. The zero-order valence-electron chi connectivity index (χ0n) is 8.73. The number of carbonyl (C=O) groups excluding carboxylic acids is 1. The third-order valence-corrected chi connectivity index (χ3v) is 1.63. The molecule has 0 rings (SSSR count). The van der Waals surface area contributed by atoms with Crippen LogP contribution in [0.15, 0.2) is 5.11 Å². The number of rotatable bonds is 5. The molecule has 1 amide bonds. The summed E-state index contributed by atoms with van der Waals surface area (Å²) in [6.07, 6.45) is 0.237. The van der Waals surface area contributed by atoms with Crippen LogP contribution in [0.3, 0.4) is 0 Å². The Kier molecular flexibility index (Phi) is 6.32. The Balaban J connectivity index is 3.96. The first-order valence-electron chi connectivity index (χ1n) is 4.46. The number of alkyl carbamates (subject to hydrolysis) is 1. The van der Waals surface area contributed by atoms with Gasteiger partial charge in [-0.25, -0.2) is 4.79 Å². The van der Waals surface area contributed by atoms with Crippen LogP contribution in [-0.4, -0.2) is 25.8 Å². The molecule has 14 heavy (non-hydrogen) atoms. The molecule has 6 nitrogen and oxygen atoms in total. The van der Waals surface area contributed by atoms with E-state index in [1.807, 2.05) is 13.8 Å². The summed E-state index contributed by atoms with van der Waals surface area (Å²) in [6, 6.07) is -0.209. The fourth-order valence-electron chi connectivity index (χ4n) is 1.06. The Hall–Kier alpha value is -1.42. The summed E-state index contributed by atoms with van der Waals surface area (Å²) in [4.78, 5) is 13.5. The molecule has 0 fully saturated rings.